The number of rotatable bonds is 9. The predicted molar refractivity (Wildman–Crippen MR) is 102 cm³/mol. The summed E-state index contributed by atoms with van der Waals surface area (Å²) >= 11 is 0. The fourth-order valence-corrected chi connectivity index (χ4v) is 3.45. The Morgan fingerprint density at radius 3 is 2.12 bits per heavy atom. The van der Waals surface area contributed by atoms with Crippen LogP contribution in [0.4, 0.5) is 0 Å². The first-order valence-corrected chi connectivity index (χ1v) is 9.47. The molecule has 6 heteroatoms. The van der Waals surface area contributed by atoms with E-state index in [4.69, 9.17) is 14.2 Å². The second kappa shape index (κ2) is 10.9. The Morgan fingerprint density at radius 2 is 1.58 bits per heavy atom. The third kappa shape index (κ3) is 6.09. The topological polar surface area (TPSA) is 68.8 Å². The third-order valence-electron chi connectivity index (χ3n) is 4.82. The van der Waals surface area contributed by atoms with Gasteiger partial charge < -0.3 is 24.8 Å². The van der Waals surface area contributed by atoms with Gasteiger partial charge in [-0.15, -0.1) is 0 Å². The Kier molecular flexibility index (Phi) is 8.54. The van der Waals surface area contributed by atoms with Gasteiger partial charge in [-0.25, -0.2) is 0 Å². The molecule has 1 fully saturated rings. The van der Waals surface area contributed by atoms with E-state index in [0.29, 0.717) is 29.8 Å². The summed E-state index contributed by atoms with van der Waals surface area (Å²) in [6, 6.07) is 4.22. The molecule has 0 aliphatic heterocycles. The van der Waals surface area contributed by atoms with Crippen LogP contribution in [-0.2, 0) is 11.2 Å². The largest absolute Gasteiger partial charge is 0.493 e. The minimum absolute atomic E-state index is 0.0121. The van der Waals surface area contributed by atoms with Crippen molar-refractivity contribution in [2.24, 2.45) is 0 Å². The summed E-state index contributed by atoms with van der Waals surface area (Å²) in [4.78, 5) is 12.2. The molecule has 1 aliphatic rings. The van der Waals surface area contributed by atoms with E-state index in [9.17, 15) is 4.79 Å². The molecule has 0 heterocycles. The van der Waals surface area contributed by atoms with Crippen molar-refractivity contribution < 1.29 is 19.0 Å². The highest BCUT2D eigenvalue weighted by Gasteiger charge is 2.15. The molecule has 6 nitrogen and oxygen atoms in total. The number of carbonyl (C=O) groups excluding carboxylic acids is 1. The van der Waals surface area contributed by atoms with Gasteiger partial charge in [-0.3, -0.25) is 4.79 Å². The van der Waals surface area contributed by atoms with Gasteiger partial charge in [0, 0.05) is 19.1 Å². The summed E-state index contributed by atoms with van der Waals surface area (Å²) in [5.74, 6) is 1.64. The first kappa shape index (κ1) is 20.4. The summed E-state index contributed by atoms with van der Waals surface area (Å²) in [6.45, 7) is 1.45. The molecule has 2 N–H and O–H groups in total. The highest BCUT2D eigenvalue weighted by molar-refractivity contribution is 5.79. The fourth-order valence-electron chi connectivity index (χ4n) is 3.45. The van der Waals surface area contributed by atoms with Crippen molar-refractivity contribution in [3.8, 4) is 17.2 Å². The van der Waals surface area contributed by atoms with E-state index in [1.807, 2.05) is 12.1 Å². The van der Waals surface area contributed by atoms with E-state index in [2.05, 4.69) is 10.6 Å². The lowest BCUT2D eigenvalue weighted by molar-refractivity contribution is -0.120. The summed E-state index contributed by atoms with van der Waals surface area (Å²) in [6.07, 6.45) is 8.10. The standard InChI is InChI=1S/C20H32N2O4/c1-24-17-12-15(13-18(25-2)20(17)26-3)14-19(23)22-11-10-21-16-8-6-4-5-7-9-16/h12-13,16,21H,4-11,14H2,1-3H3,(H,22,23). The lowest BCUT2D eigenvalue weighted by atomic mass is 10.1. The molecule has 1 aromatic carbocycles. The summed E-state index contributed by atoms with van der Waals surface area (Å²) < 4.78 is 16.0. The lowest BCUT2D eigenvalue weighted by Crippen LogP contribution is -2.37. The SMILES string of the molecule is COc1cc(CC(=O)NCCNC2CCCCCC2)cc(OC)c1OC. The van der Waals surface area contributed by atoms with E-state index in [1.165, 1.54) is 38.5 Å². The molecule has 0 unspecified atom stereocenters. The van der Waals surface area contributed by atoms with Crippen molar-refractivity contribution in [2.45, 2.75) is 51.0 Å². The van der Waals surface area contributed by atoms with Gasteiger partial charge in [0.1, 0.15) is 0 Å². The van der Waals surface area contributed by atoms with Gasteiger partial charge in [-0.2, -0.15) is 0 Å². The number of carbonyl (C=O) groups is 1. The van der Waals surface area contributed by atoms with Gasteiger partial charge >= 0.3 is 0 Å². The minimum atomic E-state index is -0.0121. The van der Waals surface area contributed by atoms with Crippen molar-refractivity contribution in [2.75, 3.05) is 34.4 Å². The van der Waals surface area contributed by atoms with Crippen molar-refractivity contribution in [3.63, 3.8) is 0 Å². The maximum atomic E-state index is 12.2. The van der Waals surface area contributed by atoms with E-state index >= 15 is 0 Å². The Balaban J connectivity index is 1.80. The number of ether oxygens (including phenoxy) is 3. The van der Waals surface area contributed by atoms with Crippen molar-refractivity contribution in [1.29, 1.82) is 0 Å². The summed E-state index contributed by atoms with van der Waals surface area (Å²) in [7, 11) is 4.70. The number of methoxy groups -OCH3 is 3. The normalized spacial score (nSPS) is 15.2. The van der Waals surface area contributed by atoms with Crippen molar-refractivity contribution >= 4 is 5.91 Å². The lowest BCUT2D eigenvalue weighted by Gasteiger charge is -2.16. The zero-order valence-electron chi connectivity index (χ0n) is 16.2. The smallest absolute Gasteiger partial charge is 0.224 e. The van der Waals surface area contributed by atoms with Crippen molar-refractivity contribution in [1.82, 2.24) is 10.6 Å². The Labute approximate surface area is 156 Å². The van der Waals surface area contributed by atoms with Crippen LogP contribution in [0.1, 0.15) is 44.1 Å². The number of nitrogens with one attached hydrogen (secondary N) is 2. The molecular formula is C20H32N2O4. The fraction of sp³-hybridized carbons (Fsp3) is 0.650. The number of benzene rings is 1. The Hall–Kier alpha value is -1.95. The molecule has 1 saturated carbocycles. The monoisotopic (exact) mass is 364 g/mol. The summed E-state index contributed by atoms with van der Waals surface area (Å²) in [5.41, 5.74) is 0.828. The molecule has 0 radical (unpaired) electrons. The molecule has 0 aromatic heterocycles. The highest BCUT2D eigenvalue weighted by atomic mass is 16.5. The molecule has 0 saturated heterocycles. The van der Waals surface area contributed by atoms with Crippen LogP contribution >= 0.6 is 0 Å². The molecule has 2 rings (SSSR count). The van der Waals surface area contributed by atoms with E-state index in [1.54, 1.807) is 21.3 Å². The van der Waals surface area contributed by atoms with Crippen LogP contribution < -0.4 is 24.8 Å². The number of amides is 1. The molecule has 0 atom stereocenters. The maximum absolute atomic E-state index is 12.2. The van der Waals surface area contributed by atoms with Crippen LogP contribution in [0.2, 0.25) is 0 Å². The van der Waals surface area contributed by atoms with Crippen LogP contribution in [0.5, 0.6) is 17.2 Å². The summed E-state index contributed by atoms with van der Waals surface area (Å²) in [5, 5.41) is 6.54. The average Bonchev–Trinajstić information content (AvgIpc) is 2.93. The third-order valence-corrected chi connectivity index (χ3v) is 4.82. The molecular weight excluding hydrogens is 332 g/mol. The van der Waals surface area contributed by atoms with Crippen molar-refractivity contribution in [3.05, 3.63) is 17.7 Å². The Bertz CT molecular complexity index is 544. The first-order chi connectivity index (χ1) is 12.7. The number of hydrogen-bond acceptors (Lipinski definition) is 5. The maximum Gasteiger partial charge on any atom is 0.224 e. The first-order valence-electron chi connectivity index (χ1n) is 9.47. The van der Waals surface area contributed by atoms with Gasteiger partial charge in [0.2, 0.25) is 11.7 Å². The van der Waals surface area contributed by atoms with E-state index in [0.717, 1.165) is 12.1 Å². The zero-order chi connectivity index (χ0) is 18.8. The minimum Gasteiger partial charge on any atom is -0.493 e. The van der Waals surface area contributed by atoms with Gasteiger partial charge in [-0.1, -0.05) is 25.7 Å². The molecule has 0 bridgehead atoms. The van der Waals surface area contributed by atoms with Crippen LogP contribution in [0, 0.1) is 0 Å². The molecule has 0 spiro atoms. The average molecular weight is 364 g/mol. The van der Waals surface area contributed by atoms with Crippen LogP contribution in [0.25, 0.3) is 0 Å². The predicted octanol–water partition coefficient (Wildman–Crippen LogP) is 2.68. The number of hydrogen-bond donors (Lipinski definition) is 2. The molecule has 146 valence electrons. The molecule has 26 heavy (non-hydrogen) atoms. The second-order valence-electron chi connectivity index (χ2n) is 6.70. The molecule has 1 amide bonds. The zero-order valence-corrected chi connectivity index (χ0v) is 16.2. The van der Waals surface area contributed by atoms with Gasteiger partial charge in [0.05, 0.1) is 27.8 Å². The molecule has 1 aliphatic carbocycles. The van der Waals surface area contributed by atoms with Gasteiger partial charge in [0.25, 0.3) is 0 Å². The van der Waals surface area contributed by atoms with E-state index in [-0.39, 0.29) is 12.3 Å². The quantitative estimate of drug-likeness (QED) is 0.521. The van der Waals surface area contributed by atoms with Crippen LogP contribution in [-0.4, -0.2) is 46.4 Å². The second-order valence-corrected chi connectivity index (χ2v) is 6.70. The van der Waals surface area contributed by atoms with Crippen LogP contribution in [0.3, 0.4) is 0 Å². The molecule has 1 aromatic rings. The van der Waals surface area contributed by atoms with E-state index < -0.39 is 0 Å². The van der Waals surface area contributed by atoms with Gasteiger partial charge in [0.15, 0.2) is 11.5 Å². The van der Waals surface area contributed by atoms with Crippen LogP contribution in [0.15, 0.2) is 12.1 Å². The Morgan fingerprint density at radius 1 is 0.962 bits per heavy atom. The van der Waals surface area contributed by atoms with Gasteiger partial charge in [-0.05, 0) is 30.5 Å². The highest BCUT2D eigenvalue weighted by Crippen LogP contribution is 2.38.